The Morgan fingerprint density at radius 1 is 1.28 bits per heavy atom. The average Bonchev–Trinajstić information content (AvgIpc) is 2.68. The molecule has 0 aliphatic heterocycles. The first kappa shape index (κ1) is 13.1. The normalized spacial score (nSPS) is 13.4. The summed E-state index contributed by atoms with van der Waals surface area (Å²) in [6, 6.07) is 8.10. The summed E-state index contributed by atoms with van der Waals surface area (Å²) in [5.74, 6) is 1.35. The minimum Gasteiger partial charge on any atom is -0.385 e. The van der Waals surface area contributed by atoms with Crippen molar-refractivity contribution in [2.24, 2.45) is 5.92 Å². The number of para-hydroxylation sites is 2. The van der Waals surface area contributed by atoms with E-state index in [2.05, 4.69) is 36.4 Å². The Hall–Kier alpha value is -1.35. The Labute approximate surface area is 108 Å². The van der Waals surface area contributed by atoms with Gasteiger partial charge in [-0.25, -0.2) is 4.98 Å². The molecule has 18 heavy (non-hydrogen) atoms. The van der Waals surface area contributed by atoms with E-state index < -0.39 is 6.10 Å². The molecule has 3 heteroatoms. The van der Waals surface area contributed by atoms with Crippen LogP contribution >= 0.6 is 0 Å². The molecule has 2 rings (SSSR count). The summed E-state index contributed by atoms with van der Waals surface area (Å²) in [5.41, 5.74) is 2.10. The van der Waals surface area contributed by atoms with Crippen LogP contribution in [0.2, 0.25) is 0 Å². The number of benzene rings is 1. The Morgan fingerprint density at radius 2 is 2.00 bits per heavy atom. The van der Waals surface area contributed by atoms with Crippen molar-refractivity contribution < 1.29 is 5.11 Å². The van der Waals surface area contributed by atoms with E-state index in [1.54, 1.807) is 0 Å². The van der Waals surface area contributed by atoms with Gasteiger partial charge in [-0.05, 0) is 24.5 Å². The van der Waals surface area contributed by atoms with Gasteiger partial charge in [0.15, 0.2) is 0 Å². The molecule has 0 bridgehead atoms. The Balaban J connectivity index is 2.49. The van der Waals surface area contributed by atoms with Crippen molar-refractivity contribution >= 4 is 11.0 Å². The third-order valence-corrected chi connectivity index (χ3v) is 3.09. The average molecular weight is 246 g/mol. The molecule has 0 fully saturated rings. The Bertz CT molecular complexity index is 516. The largest absolute Gasteiger partial charge is 0.385 e. The minimum atomic E-state index is -0.457. The molecule has 0 amide bonds. The van der Waals surface area contributed by atoms with Crippen molar-refractivity contribution in [2.75, 3.05) is 0 Å². The zero-order valence-electron chi connectivity index (χ0n) is 11.4. The van der Waals surface area contributed by atoms with Crippen LogP contribution in [-0.4, -0.2) is 14.7 Å². The molecule has 0 radical (unpaired) electrons. The second-order valence-electron chi connectivity index (χ2n) is 5.27. The number of aliphatic hydroxyl groups is 1. The molecule has 1 aromatic heterocycles. The number of hydrogen-bond donors (Lipinski definition) is 1. The third-order valence-electron chi connectivity index (χ3n) is 3.09. The molecular weight excluding hydrogens is 224 g/mol. The van der Waals surface area contributed by atoms with E-state index in [1.165, 1.54) is 0 Å². The molecule has 0 aliphatic rings. The van der Waals surface area contributed by atoms with Gasteiger partial charge < -0.3 is 9.67 Å². The molecule has 0 spiro atoms. The van der Waals surface area contributed by atoms with Crippen LogP contribution in [0.4, 0.5) is 0 Å². The summed E-state index contributed by atoms with van der Waals surface area (Å²) in [6.07, 6.45) is 1.27. The number of hydrogen-bond acceptors (Lipinski definition) is 2. The third kappa shape index (κ3) is 2.56. The second-order valence-corrected chi connectivity index (χ2v) is 5.27. The molecule has 1 atom stereocenters. The van der Waals surface area contributed by atoms with E-state index in [0.29, 0.717) is 5.92 Å². The maximum absolute atomic E-state index is 10.2. The number of nitrogens with zero attached hydrogens (tertiary/aromatic N) is 2. The van der Waals surface area contributed by atoms with Crippen molar-refractivity contribution in [1.82, 2.24) is 9.55 Å². The van der Waals surface area contributed by atoms with Crippen LogP contribution in [0.25, 0.3) is 11.0 Å². The van der Waals surface area contributed by atoms with E-state index in [9.17, 15) is 5.11 Å². The predicted molar refractivity (Wildman–Crippen MR) is 74.4 cm³/mol. The van der Waals surface area contributed by atoms with E-state index in [4.69, 9.17) is 0 Å². The molecule has 2 aromatic rings. The van der Waals surface area contributed by atoms with Gasteiger partial charge in [-0.1, -0.05) is 39.3 Å². The van der Waals surface area contributed by atoms with Crippen molar-refractivity contribution in [3.63, 3.8) is 0 Å². The van der Waals surface area contributed by atoms with Gasteiger partial charge in [0, 0.05) is 6.54 Å². The van der Waals surface area contributed by atoms with Gasteiger partial charge in [0.05, 0.1) is 11.0 Å². The molecule has 0 saturated heterocycles. The smallest absolute Gasteiger partial charge is 0.138 e. The molecule has 1 heterocycles. The molecule has 0 saturated carbocycles. The quantitative estimate of drug-likeness (QED) is 0.876. The maximum atomic E-state index is 10.2. The highest BCUT2D eigenvalue weighted by molar-refractivity contribution is 5.76. The first-order chi connectivity index (χ1) is 8.63. The van der Waals surface area contributed by atoms with Gasteiger partial charge in [0.2, 0.25) is 0 Å². The summed E-state index contributed by atoms with van der Waals surface area (Å²) in [7, 11) is 0. The summed E-state index contributed by atoms with van der Waals surface area (Å²) in [4.78, 5) is 4.60. The van der Waals surface area contributed by atoms with Crippen LogP contribution in [0, 0.1) is 5.92 Å². The first-order valence-electron chi connectivity index (χ1n) is 6.76. The molecular formula is C15H22N2O. The minimum absolute atomic E-state index is 0.457. The lowest BCUT2D eigenvalue weighted by molar-refractivity contribution is 0.151. The van der Waals surface area contributed by atoms with Crippen LogP contribution in [0.15, 0.2) is 24.3 Å². The summed E-state index contributed by atoms with van der Waals surface area (Å²) in [6.45, 7) is 7.35. The zero-order valence-corrected chi connectivity index (χ0v) is 11.4. The molecule has 3 nitrogen and oxygen atoms in total. The topological polar surface area (TPSA) is 38.1 Å². The van der Waals surface area contributed by atoms with Crippen LogP contribution in [0.3, 0.4) is 0 Å². The van der Waals surface area contributed by atoms with Gasteiger partial charge >= 0.3 is 0 Å². The fraction of sp³-hybridized carbons (Fsp3) is 0.533. The van der Waals surface area contributed by atoms with Crippen molar-refractivity contribution in [1.29, 1.82) is 0 Å². The van der Waals surface area contributed by atoms with E-state index in [0.717, 1.165) is 36.2 Å². The van der Waals surface area contributed by atoms with Gasteiger partial charge in [-0.15, -0.1) is 0 Å². The van der Waals surface area contributed by atoms with E-state index >= 15 is 0 Å². The summed E-state index contributed by atoms with van der Waals surface area (Å²) < 4.78 is 2.17. The van der Waals surface area contributed by atoms with Crippen LogP contribution in [0.1, 0.15) is 45.5 Å². The van der Waals surface area contributed by atoms with Crippen LogP contribution < -0.4 is 0 Å². The monoisotopic (exact) mass is 246 g/mol. The number of fused-ring (bicyclic) bond motifs is 1. The van der Waals surface area contributed by atoms with Crippen molar-refractivity contribution in [3.05, 3.63) is 30.1 Å². The highest BCUT2D eigenvalue weighted by Gasteiger charge is 2.17. The second kappa shape index (κ2) is 5.53. The molecule has 1 N–H and O–H groups in total. The number of aliphatic hydroxyl groups excluding tert-OH is 1. The number of imidazole rings is 1. The van der Waals surface area contributed by atoms with Gasteiger partial charge in [-0.3, -0.25) is 0 Å². The Kier molecular flexibility index (Phi) is 4.02. The predicted octanol–water partition coefficient (Wildman–Crippen LogP) is 3.53. The van der Waals surface area contributed by atoms with Crippen LogP contribution in [-0.2, 0) is 6.54 Å². The number of aromatic nitrogens is 2. The van der Waals surface area contributed by atoms with Gasteiger partial charge in [-0.2, -0.15) is 0 Å². The molecule has 98 valence electrons. The standard InChI is InChI=1S/C15H22N2O/c1-4-7-14(18)15-16-12-8-5-6-9-13(12)17(15)10-11(2)3/h5-6,8-9,11,14,18H,4,7,10H2,1-3H3/t14-/m1/s1. The lowest BCUT2D eigenvalue weighted by Gasteiger charge is -2.15. The van der Waals surface area contributed by atoms with E-state index in [1.807, 2.05) is 18.2 Å². The first-order valence-corrected chi connectivity index (χ1v) is 6.76. The molecule has 0 unspecified atom stereocenters. The lowest BCUT2D eigenvalue weighted by Crippen LogP contribution is -2.12. The fourth-order valence-corrected chi connectivity index (χ4v) is 2.31. The zero-order chi connectivity index (χ0) is 13.1. The highest BCUT2D eigenvalue weighted by Crippen LogP contribution is 2.24. The molecule has 1 aromatic carbocycles. The SMILES string of the molecule is CCC[C@@H](O)c1nc2ccccc2n1CC(C)C. The Morgan fingerprint density at radius 3 is 2.67 bits per heavy atom. The van der Waals surface area contributed by atoms with Crippen molar-refractivity contribution in [2.45, 2.75) is 46.3 Å². The molecule has 0 aliphatic carbocycles. The van der Waals surface area contributed by atoms with E-state index in [-0.39, 0.29) is 0 Å². The summed E-state index contributed by atoms with van der Waals surface area (Å²) >= 11 is 0. The fourth-order valence-electron chi connectivity index (χ4n) is 2.31. The van der Waals surface area contributed by atoms with Crippen molar-refractivity contribution in [3.8, 4) is 0 Å². The maximum Gasteiger partial charge on any atom is 0.138 e. The highest BCUT2D eigenvalue weighted by atomic mass is 16.3. The number of rotatable bonds is 5. The van der Waals surface area contributed by atoms with Gasteiger partial charge in [0.25, 0.3) is 0 Å². The van der Waals surface area contributed by atoms with Gasteiger partial charge in [0.1, 0.15) is 11.9 Å². The summed E-state index contributed by atoms with van der Waals surface area (Å²) in [5, 5.41) is 10.2. The van der Waals surface area contributed by atoms with Crippen LogP contribution in [0.5, 0.6) is 0 Å². The lowest BCUT2D eigenvalue weighted by atomic mass is 10.2.